The first kappa shape index (κ1) is 11.3. The van der Waals surface area contributed by atoms with Gasteiger partial charge in [0.05, 0.1) is 0 Å². The van der Waals surface area contributed by atoms with Crippen molar-refractivity contribution in [3.05, 3.63) is 0 Å². The summed E-state index contributed by atoms with van der Waals surface area (Å²) in [5.41, 5.74) is 0. The molecule has 0 saturated carbocycles. The molecule has 1 heterocycles. The van der Waals surface area contributed by atoms with Gasteiger partial charge in [0.15, 0.2) is 0 Å². The topological polar surface area (TPSA) is 3.24 Å². The van der Waals surface area contributed by atoms with Gasteiger partial charge in [0.1, 0.15) is 0 Å². The fourth-order valence-corrected chi connectivity index (χ4v) is 1.30. The zero-order valence-electron chi connectivity index (χ0n) is 8.22. The molecular formula is C9H21NS. The van der Waals surface area contributed by atoms with Crippen LogP contribution < -0.4 is 0 Å². The number of hydrogen-bond donors (Lipinski definition) is 1. The normalized spacial score (nSPS) is 23.7. The lowest BCUT2D eigenvalue weighted by Crippen LogP contribution is -2.36. The zero-order valence-corrected chi connectivity index (χ0v) is 9.12. The number of rotatable bonds is 0. The van der Waals surface area contributed by atoms with E-state index in [1.165, 1.54) is 25.9 Å². The van der Waals surface area contributed by atoms with Crippen molar-refractivity contribution in [3.63, 3.8) is 0 Å². The number of likely N-dealkylation sites (tertiary alicyclic amines) is 1. The van der Waals surface area contributed by atoms with Crippen LogP contribution in [0, 0.1) is 0 Å². The van der Waals surface area contributed by atoms with Gasteiger partial charge in [-0.1, -0.05) is 20.8 Å². The standard InChI is InChI=1S/C7H15NS.C2H6/c1-7(9)3-5-8(2)6-4-7;1-2/h9H,3-6H2,1-2H3;1-2H3. The van der Waals surface area contributed by atoms with Gasteiger partial charge in [0.25, 0.3) is 0 Å². The molecule has 0 atom stereocenters. The molecule has 0 amide bonds. The summed E-state index contributed by atoms with van der Waals surface area (Å²) in [6.45, 7) is 8.64. The van der Waals surface area contributed by atoms with Gasteiger partial charge in [-0.15, -0.1) is 0 Å². The molecule has 1 saturated heterocycles. The van der Waals surface area contributed by atoms with E-state index in [9.17, 15) is 0 Å². The first-order valence-corrected chi connectivity index (χ1v) is 4.96. The van der Waals surface area contributed by atoms with Crippen LogP contribution in [0.1, 0.15) is 33.6 Å². The molecule has 0 aliphatic carbocycles. The van der Waals surface area contributed by atoms with Crippen molar-refractivity contribution in [1.82, 2.24) is 4.90 Å². The highest BCUT2D eigenvalue weighted by Crippen LogP contribution is 2.26. The van der Waals surface area contributed by atoms with Crippen LogP contribution in [0.5, 0.6) is 0 Å². The Morgan fingerprint density at radius 1 is 1.18 bits per heavy atom. The van der Waals surface area contributed by atoms with E-state index in [0.29, 0.717) is 4.75 Å². The molecule has 1 rings (SSSR count). The second-order valence-electron chi connectivity index (χ2n) is 3.30. The number of thiol groups is 1. The summed E-state index contributed by atoms with van der Waals surface area (Å²) in [6.07, 6.45) is 2.46. The number of hydrogen-bond acceptors (Lipinski definition) is 2. The largest absolute Gasteiger partial charge is 0.306 e. The fraction of sp³-hybridized carbons (Fsp3) is 1.00. The van der Waals surface area contributed by atoms with Gasteiger partial charge in [-0.2, -0.15) is 12.6 Å². The summed E-state index contributed by atoms with van der Waals surface area (Å²) in [6, 6.07) is 0. The van der Waals surface area contributed by atoms with Crippen LogP contribution in [0.2, 0.25) is 0 Å². The molecule has 2 heteroatoms. The third kappa shape index (κ3) is 4.70. The van der Waals surface area contributed by atoms with E-state index >= 15 is 0 Å². The van der Waals surface area contributed by atoms with E-state index in [1.807, 2.05) is 13.8 Å². The molecule has 1 aliphatic rings. The molecular weight excluding hydrogens is 154 g/mol. The molecule has 0 unspecified atom stereocenters. The fourth-order valence-electron chi connectivity index (χ4n) is 1.10. The van der Waals surface area contributed by atoms with Gasteiger partial charge in [-0.3, -0.25) is 0 Å². The SMILES string of the molecule is CC.CN1CCC(C)(S)CC1. The van der Waals surface area contributed by atoms with Crippen molar-refractivity contribution in [2.75, 3.05) is 20.1 Å². The smallest absolute Gasteiger partial charge is 0.0126 e. The molecule has 0 bridgehead atoms. The molecule has 0 N–H and O–H groups in total. The summed E-state index contributed by atoms with van der Waals surface area (Å²) in [7, 11) is 2.17. The molecule has 1 aliphatic heterocycles. The van der Waals surface area contributed by atoms with Crippen molar-refractivity contribution >= 4 is 12.6 Å². The maximum Gasteiger partial charge on any atom is 0.0126 e. The molecule has 11 heavy (non-hydrogen) atoms. The lowest BCUT2D eigenvalue weighted by molar-refractivity contribution is 0.248. The Bertz CT molecular complexity index is 91.7. The third-order valence-electron chi connectivity index (χ3n) is 2.06. The number of nitrogens with zero attached hydrogens (tertiary/aromatic N) is 1. The second-order valence-corrected chi connectivity index (χ2v) is 4.38. The average Bonchev–Trinajstić information content (AvgIpc) is 2.00. The zero-order chi connectivity index (χ0) is 8.91. The molecule has 1 nitrogen and oxygen atoms in total. The predicted molar refractivity (Wildman–Crippen MR) is 55.5 cm³/mol. The monoisotopic (exact) mass is 175 g/mol. The molecule has 0 aromatic heterocycles. The van der Waals surface area contributed by atoms with Crippen LogP contribution in [0.3, 0.4) is 0 Å². The van der Waals surface area contributed by atoms with E-state index in [4.69, 9.17) is 0 Å². The van der Waals surface area contributed by atoms with Gasteiger partial charge < -0.3 is 4.90 Å². The first-order chi connectivity index (χ1) is 5.10. The summed E-state index contributed by atoms with van der Waals surface area (Å²) in [5.74, 6) is 0. The van der Waals surface area contributed by atoms with Crippen molar-refractivity contribution in [1.29, 1.82) is 0 Å². The highest BCUT2D eigenvalue weighted by atomic mass is 32.1. The van der Waals surface area contributed by atoms with Gasteiger partial charge in [-0.05, 0) is 33.0 Å². The van der Waals surface area contributed by atoms with E-state index < -0.39 is 0 Å². The molecule has 0 spiro atoms. The summed E-state index contributed by atoms with van der Waals surface area (Å²) in [4.78, 5) is 2.36. The summed E-state index contributed by atoms with van der Waals surface area (Å²) < 4.78 is 0.312. The van der Waals surface area contributed by atoms with Crippen LogP contribution in [0.25, 0.3) is 0 Å². The molecule has 1 fully saturated rings. The van der Waals surface area contributed by atoms with Crippen molar-refractivity contribution in [3.8, 4) is 0 Å². The van der Waals surface area contributed by atoms with Gasteiger partial charge >= 0.3 is 0 Å². The van der Waals surface area contributed by atoms with Crippen LogP contribution in [0.4, 0.5) is 0 Å². The first-order valence-electron chi connectivity index (χ1n) is 4.51. The predicted octanol–water partition coefficient (Wildman–Crippen LogP) is 2.43. The minimum atomic E-state index is 0.312. The Morgan fingerprint density at radius 3 is 1.82 bits per heavy atom. The maximum absolute atomic E-state index is 4.53. The molecule has 68 valence electrons. The Morgan fingerprint density at radius 2 is 1.55 bits per heavy atom. The Labute approximate surface area is 76.6 Å². The lowest BCUT2D eigenvalue weighted by atomic mass is 9.98. The summed E-state index contributed by atoms with van der Waals surface area (Å²) >= 11 is 4.53. The average molecular weight is 175 g/mol. The van der Waals surface area contributed by atoms with Crippen LogP contribution in [-0.4, -0.2) is 29.8 Å². The highest BCUT2D eigenvalue weighted by Gasteiger charge is 2.23. The lowest BCUT2D eigenvalue weighted by Gasteiger charge is -2.33. The van der Waals surface area contributed by atoms with Gasteiger partial charge in [0, 0.05) is 4.75 Å². The quantitative estimate of drug-likeness (QED) is 0.553. The van der Waals surface area contributed by atoms with Crippen LogP contribution in [-0.2, 0) is 0 Å². The van der Waals surface area contributed by atoms with Crippen molar-refractivity contribution < 1.29 is 0 Å². The maximum atomic E-state index is 4.53. The summed E-state index contributed by atoms with van der Waals surface area (Å²) in [5, 5.41) is 0. The minimum Gasteiger partial charge on any atom is -0.306 e. The second kappa shape index (κ2) is 5.04. The Balaban J connectivity index is 0.000000461. The Hall–Kier alpha value is 0.310. The van der Waals surface area contributed by atoms with Gasteiger partial charge in [-0.25, -0.2) is 0 Å². The van der Waals surface area contributed by atoms with E-state index in [0.717, 1.165) is 0 Å². The number of piperidine rings is 1. The Kier molecular flexibility index (Phi) is 5.19. The van der Waals surface area contributed by atoms with E-state index in [-0.39, 0.29) is 0 Å². The van der Waals surface area contributed by atoms with E-state index in [1.54, 1.807) is 0 Å². The third-order valence-corrected chi connectivity index (χ3v) is 2.51. The van der Waals surface area contributed by atoms with Crippen LogP contribution >= 0.6 is 12.6 Å². The minimum absolute atomic E-state index is 0.312. The van der Waals surface area contributed by atoms with Crippen LogP contribution in [0.15, 0.2) is 0 Å². The van der Waals surface area contributed by atoms with E-state index in [2.05, 4.69) is 31.5 Å². The molecule has 0 aromatic rings. The molecule has 0 aromatic carbocycles. The highest BCUT2D eigenvalue weighted by molar-refractivity contribution is 7.81. The van der Waals surface area contributed by atoms with Crippen molar-refractivity contribution in [2.45, 2.75) is 38.4 Å². The van der Waals surface area contributed by atoms with Crippen molar-refractivity contribution in [2.24, 2.45) is 0 Å². The van der Waals surface area contributed by atoms with Gasteiger partial charge in [0.2, 0.25) is 0 Å². The molecule has 0 radical (unpaired) electrons.